The highest BCUT2D eigenvalue weighted by molar-refractivity contribution is 7.99. The van der Waals surface area contributed by atoms with Crippen LogP contribution in [0.4, 0.5) is 5.69 Å². The summed E-state index contributed by atoms with van der Waals surface area (Å²) in [4.78, 5) is 15.0. The number of thioether (sulfide) groups is 1. The number of carbonyl (C=O) groups excluding carboxylic acids is 1. The van der Waals surface area contributed by atoms with Crippen molar-refractivity contribution in [1.29, 1.82) is 0 Å². The quantitative estimate of drug-likeness (QED) is 0.494. The maximum absolute atomic E-state index is 13.4. The average molecular weight is 469 g/mol. The minimum Gasteiger partial charge on any atom is -0.308 e. The fourth-order valence-corrected chi connectivity index (χ4v) is 6.64. The Morgan fingerprint density at radius 3 is 2.31 bits per heavy atom. The predicted octanol–water partition coefficient (Wildman–Crippen LogP) is 3.46. The van der Waals surface area contributed by atoms with Gasteiger partial charge >= 0.3 is 0 Å². The van der Waals surface area contributed by atoms with E-state index in [4.69, 9.17) is 0 Å². The van der Waals surface area contributed by atoms with Crippen LogP contribution in [0, 0.1) is 0 Å². The van der Waals surface area contributed by atoms with Gasteiger partial charge in [-0.15, -0.1) is 10.2 Å². The molecule has 5 rings (SSSR count). The molecule has 0 N–H and O–H groups in total. The van der Waals surface area contributed by atoms with Crippen LogP contribution in [0.1, 0.15) is 31.0 Å². The summed E-state index contributed by atoms with van der Waals surface area (Å²) in [5.74, 6) is 1.50. The molecular formula is C23H24N4O3S2. The molecule has 1 aliphatic carbocycles. The van der Waals surface area contributed by atoms with Crippen LogP contribution < -0.4 is 4.90 Å². The van der Waals surface area contributed by atoms with Crippen LogP contribution in [0.3, 0.4) is 0 Å². The lowest BCUT2D eigenvalue weighted by Gasteiger charge is -2.28. The summed E-state index contributed by atoms with van der Waals surface area (Å²) in [6.07, 6.45) is 2.67. The molecule has 2 aromatic carbocycles. The highest BCUT2D eigenvalue weighted by Gasteiger charge is 2.36. The van der Waals surface area contributed by atoms with Crippen molar-refractivity contribution in [1.82, 2.24) is 14.8 Å². The number of hydrogen-bond donors (Lipinski definition) is 0. The molecule has 1 aromatic heterocycles. The third kappa shape index (κ3) is 4.45. The van der Waals surface area contributed by atoms with E-state index in [1.165, 1.54) is 11.8 Å². The van der Waals surface area contributed by atoms with Gasteiger partial charge in [-0.2, -0.15) is 0 Å². The lowest BCUT2D eigenvalue weighted by molar-refractivity contribution is -0.116. The van der Waals surface area contributed by atoms with Crippen molar-refractivity contribution >= 4 is 33.2 Å². The molecule has 166 valence electrons. The first-order valence-corrected chi connectivity index (χ1v) is 13.5. The number of benzene rings is 2. The van der Waals surface area contributed by atoms with Crippen LogP contribution in [0.25, 0.3) is 5.69 Å². The van der Waals surface area contributed by atoms with Gasteiger partial charge in [0.25, 0.3) is 0 Å². The van der Waals surface area contributed by atoms with E-state index in [0.29, 0.717) is 17.5 Å². The molecule has 2 aliphatic rings. The number of aromatic nitrogens is 3. The molecule has 0 bridgehead atoms. The first-order chi connectivity index (χ1) is 15.5. The van der Waals surface area contributed by atoms with Crippen LogP contribution in [0.15, 0.2) is 65.8 Å². The predicted molar refractivity (Wildman–Crippen MR) is 125 cm³/mol. The van der Waals surface area contributed by atoms with Crippen LogP contribution in [0.2, 0.25) is 0 Å². The van der Waals surface area contributed by atoms with Crippen LogP contribution in [-0.4, -0.2) is 52.4 Å². The molecule has 1 amide bonds. The Labute approximate surface area is 191 Å². The summed E-state index contributed by atoms with van der Waals surface area (Å²) < 4.78 is 26.2. The van der Waals surface area contributed by atoms with Gasteiger partial charge in [0.15, 0.2) is 15.0 Å². The molecule has 9 heteroatoms. The van der Waals surface area contributed by atoms with Gasteiger partial charge in [-0.3, -0.25) is 9.36 Å². The summed E-state index contributed by atoms with van der Waals surface area (Å²) in [6, 6.07) is 18.9. The van der Waals surface area contributed by atoms with E-state index in [1.54, 1.807) is 4.90 Å². The highest BCUT2D eigenvalue weighted by atomic mass is 32.2. The monoisotopic (exact) mass is 468 g/mol. The van der Waals surface area contributed by atoms with Crippen molar-refractivity contribution < 1.29 is 13.2 Å². The Bertz CT molecular complexity index is 1210. The molecule has 0 unspecified atom stereocenters. The molecule has 1 atom stereocenters. The Morgan fingerprint density at radius 1 is 1.00 bits per heavy atom. The van der Waals surface area contributed by atoms with Crippen molar-refractivity contribution in [3.63, 3.8) is 0 Å². The lowest BCUT2D eigenvalue weighted by atomic mass is 10.2. The van der Waals surface area contributed by atoms with Crippen LogP contribution in [-0.2, 0) is 14.6 Å². The fourth-order valence-electron chi connectivity index (χ4n) is 4.12. The number of sulfone groups is 1. The topological polar surface area (TPSA) is 85.2 Å². The van der Waals surface area contributed by atoms with E-state index in [2.05, 4.69) is 10.2 Å². The Balaban J connectivity index is 1.39. The largest absolute Gasteiger partial charge is 0.308 e. The number of anilines is 1. The number of hydrogen-bond acceptors (Lipinski definition) is 6. The maximum Gasteiger partial charge on any atom is 0.237 e. The molecule has 7 nitrogen and oxygen atoms in total. The molecule has 0 radical (unpaired) electrons. The maximum atomic E-state index is 13.4. The number of rotatable bonds is 7. The second-order valence-electron chi connectivity index (χ2n) is 8.23. The number of nitrogens with zero attached hydrogens (tertiary/aromatic N) is 4. The first-order valence-electron chi connectivity index (χ1n) is 10.7. The second-order valence-corrected chi connectivity index (χ2v) is 11.4. The van der Waals surface area contributed by atoms with Gasteiger partial charge < -0.3 is 4.90 Å². The van der Waals surface area contributed by atoms with Gasteiger partial charge in [0.2, 0.25) is 5.91 Å². The minimum atomic E-state index is -3.12. The minimum absolute atomic E-state index is 0.00429. The van der Waals surface area contributed by atoms with Gasteiger partial charge in [-0.1, -0.05) is 48.2 Å². The highest BCUT2D eigenvalue weighted by Crippen LogP contribution is 2.41. The SMILES string of the molecule is O=C(CSc1nnc(C2CC2)n1-c1ccccc1)N(c1ccccc1)[C@@H]1CCS(=O)(=O)C1. The van der Waals surface area contributed by atoms with E-state index < -0.39 is 9.84 Å². The number of amides is 1. The molecule has 1 saturated carbocycles. The van der Waals surface area contributed by atoms with E-state index in [0.717, 1.165) is 30.0 Å². The summed E-state index contributed by atoms with van der Waals surface area (Å²) in [7, 11) is -3.12. The zero-order chi connectivity index (χ0) is 22.1. The molecule has 32 heavy (non-hydrogen) atoms. The van der Waals surface area contributed by atoms with Gasteiger partial charge in [0.1, 0.15) is 5.82 Å². The smallest absolute Gasteiger partial charge is 0.237 e. The third-order valence-corrected chi connectivity index (χ3v) is 8.48. The van der Waals surface area contributed by atoms with Crippen molar-refractivity contribution in [2.75, 3.05) is 22.2 Å². The van der Waals surface area contributed by atoms with Gasteiger partial charge in [-0.05, 0) is 43.5 Å². The Morgan fingerprint density at radius 2 is 1.69 bits per heavy atom. The summed E-state index contributed by atoms with van der Waals surface area (Å²) in [5, 5.41) is 9.49. The Hall–Kier alpha value is -2.65. The molecule has 1 saturated heterocycles. The summed E-state index contributed by atoms with van der Waals surface area (Å²) in [6.45, 7) is 0. The first kappa shape index (κ1) is 21.2. The zero-order valence-corrected chi connectivity index (χ0v) is 19.1. The van der Waals surface area contributed by atoms with E-state index in [9.17, 15) is 13.2 Å². The molecule has 0 spiro atoms. The van der Waals surface area contributed by atoms with Crippen molar-refractivity contribution in [2.45, 2.75) is 36.4 Å². The van der Waals surface area contributed by atoms with Crippen LogP contribution >= 0.6 is 11.8 Å². The van der Waals surface area contributed by atoms with Gasteiger partial charge in [-0.25, -0.2) is 8.42 Å². The molecule has 1 aliphatic heterocycles. The number of carbonyl (C=O) groups is 1. The van der Waals surface area contributed by atoms with Gasteiger partial charge in [0.05, 0.1) is 23.3 Å². The van der Waals surface area contributed by atoms with Crippen molar-refractivity contribution in [3.05, 3.63) is 66.5 Å². The normalized spacial score (nSPS) is 19.7. The summed E-state index contributed by atoms with van der Waals surface area (Å²) in [5.41, 5.74) is 1.71. The van der Waals surface area contributed by atoms with Crippen LogP contribution in [0.5, 0.6) is 0 Å². The lowest BCUT2D eigenvalue weighted by Crippen LogP contribution is -2.42. The molecular weight excluding hydrogens is 444 g/mol. The van der Waals surface area contributed by atoms with Crippen molar-refractivity contribution in [2.24, 2.45) is 0 Å². The van der Waals surface area contributed by atoms with E-state index in [-0.39, 0.29) is 29.2 Å². The zero-order valence-electron chi connectivity index (χ0n) is 17.5. The summed E-state index contributed by atoms with van der Waals surface area (Å²) >= 11 is 1.35. The average Bonchev–Trinajstić information content (AvgIpc) is 3.46. The third-order valence-electron chi connectivity index (χ3n) is 5.82. The van der Waals surface area contributed by atoms with Crippen molar-refractivity contribution in [3.8, 4) is 5.69 Å². The van der Waals surface area contributed by atoms with E-state index >= 15 is 0 Å². The molecule has 3 aromatic rings. The van der Waals surface area contributed by atoms with Gasteiger partial charge in [0, 0.05) is 17.3 Å². The Kier molecular flexibility index (Phi) is 5.77. The molecule has 2 heterocycles. The van der Waals surface area contributed by atoms with E-state index in [1.807, 2.05) is 65.2 Å². The number of para-hydroxylation sites is 2. The molecule has 2 fully saturated rings. The fraction of sp³-hybridized carbons (Fsp3) is 0.348. The second kappa shape index (κ2) is 8.71. The standard InChI is InChI=1S/C23H24N4O3S2/c28-21(26(18-7-3-1-4-8-18)20-13-14-32(29,30)16-20)15-31-23-25-24-22(17-11-12-17)27(23)19-9-5-2-6-10-19/h1-10,17,20H,11-16H2/t20-/m1/s1.